The smallest absolute Gasteiger partial charge is 0.349 e. The number of halogens is 3. The molecule has 0 saturated heterocycles. The van der Waals surface area contributed by atoms with E-state index in [9.17, 15) is 26.4 Å². The lowest BCUT2D eigenvalue weighted by Crippen LogP contribution is -2.47. The van der Waals surface area contributed by atoms with Crippen molar-refractivity contribution in [3.8, 4) is 0 Å². The molecule has 128 valence electrons. The zero-order valence-electron chi connectivity index (χ0n) is 12.6. The molecule has 0 heterocycles. The first-order valence-corrected chi connectivity index (χ1v) is 9.16. The van der Waals surface area contributed by atoms with Gasteiger partial charge in [0.1, 0.15) is 0 Å². The molecule has 1 aliphatic carbocycles. The van der Waals surface area contributed by atoms with Crippen LogP contribution in [0.3, 0.4) is 0 Å². The number of alkyl halides is 3. The van der Waals surface area contributed by atoms with Crippen molar-refractivity contribution in [2.24, 2.45) is 5.92 Å². The van der Waals surface area contributed by atoms with E-state index in [1.54, 1.807) is 0 Å². The first kappa shape index (κ1) is 17.8. The molecule has 1 aromatic carbocycles. The van der Waals surface area contributed by atoms with E-state index in [0.29, 0.717) is 12.8 Å². The summed E-state index contributed by atoms with van der Waals surface area (Å²) in [6.45, 7) is 0. The van der Waals surface area contributed by atoms with Gasteiger partial charge in [-0.15, -0.1) is 0 Å². The summed E-state index contributed by atoms with van der Waals surface area (Å²) in [7, 11) is -3.38. The van der Waals surface area contributed by atoms with Crippen molar-refractivity contribution < 1.29 is 26.4 Å². The van der Waals surface area contributed by atoms with Crippen LogP contribution in [0, 0.1) is 5.92 Å². The zero-order chi connectivity index (χ0) is 17.3. The minimum Gasteiger partial charge on any atom is -0.349 e. The maximum Gasteiger partial charge on any atom is 0.393 e. The van der Waals surface area contributed by atoms with E-state index in [2.05, 4.69) is 5.32 Å². The summed E-state index contributed by atoms with van der Waals surface area (Å²) in [5.41, 5.74) is 0.142. The van der Waals surface area contributed by atoms with Crippen molar-refractivity contribution in [1.82, 2.24) is 5.32 Å². The minimum atomic E-state index is -4.33. The molecule has 1 saturated carbocycles. The van der Waals surface area contributed by atoms with Gasteiger partial charge in [0.2, 0.25) is 0 Å². The molecule has 2 rings (SSSR count). The van der Waals surface area contributed by atoms with Crippen LogP contribution in [-0.2, 0) is 9.84 Å². The molecule has 1 aromatic rings. The van der Waals surface area contributed by atoms with Gasteiger partial charge in [0.05, 0.1) is 10.8 Å². The number of rotatable bonds is 3. The highest BCUT2D eigenvalue weighted by atomic mass is 32.2. The summed E-state index contributed by atoms with van der Waals surface area (Å²) in [4.78, 5) is 12.2. The number of hydrogen-bond donors (Lipinski definition) is 1. The molecule has 0 bridgehead atoms. The highest BCUT2D eigenvalue weighted by Crippen LogP contribution is 2.37. The highest BCUT2D eigenvalue weighted by Gasteiger charge is 2.45. The van der Waals surface area contributed by atoms with Crippen LogP contribution in [0.1, 0.15) is 36.0 Å². The summed E-state index contributed by atoms with van der Waals surface area (Å²) in [6.07, 6.45) is -1.85. The number of carbonyl (C=O) groups is 1. The Kier molecular flexibility index (Phi) is 5.03. The Morgan fingerprint density at radius 3 is 2.22 bits per heavy atom. The van der Waals surface area contributed by atoms with E-state index in [4.69, 9.17) is 0 Å². The third-order valence-corrected chi connectivity index (χ3v) is 5.18. The van der Waals surface area contributed by atoms with Crippen LogP contribution in [0.25, 0.3) is 0 Å². The van der Waals surface area contributed by atoms with Crippen LogP contribution in [0.5, 0.6) is 0 Å². The number of nitrogens with one attached hydrogen (secondary N) is 1. The van der Waals surface area contributed by atoms with E-state index in [1.807, 2.05) is 0 Å². The zero-order valence-corrected chi connectivity index (χ0v) is 13.4. The van der Waals surface area contributed by atoms with Gasteiger partial charge in [0.15, 0.2) is 9.84 Å². The van der Waals surface area contributed by atoms with Gasteiger partial charge in [-0.2, -0.15) is 13.2 Å². The molecule has 0 aromatic heterocycles. The molecular weight excluding hydrogens is 331 g/mol. The van der Waals surface area contributed by atoms with Gasteiger partial charge < -0.3 is 5.32 Å². The molecule has 0 aliphatic heterocycles. The van der Waals surface area contributed by atoms with Crippen LogP contribution in [-0.4, -0.2) is 32.8 Å². The van der Waals surface area contributed by atoms with Crippen molar-refractivity contribution in [3.63, 3.8) is 0 Å². The number of carbonyl (C=O) groups excluding carboxylic acids is 1. The van der Waals surface area contributed by atoms with E-state index < -0.39 is 33.9 Å². The van der Waals surface area contributed by atoms with Gasteiger partial charge >= 0.3 is 6.18 Å². The second kappa shape index (κ2) is 6.51. The van der Waals surface area contributed by atoms with Crippen molar-refractivity contribution >= 4 is 15.7 Å². The predicted molar refractivity (Wildman–Crippen MR) is 78.8 cm³/mol. The Labute approximate surface area is 133 Å². The molecule has 8 heteroatoms. The van der Waals surface area contributed by atoms with Gasteiger partial charge in [-0.05, 0) is 37.1 Å². The Morgan fingerprint density at radius 1 is 1.13 bits per heavy atom. The van der Waals surface area contributed by atoms with Gasteiger partial charge in [-0.3, -0.25) is 4.79 Å². The lowest BCUT2D eigenvalue weighted by molar-refractivity contribution is -0.187. The van der Waals surface area contributed by atoms with Gasteiger partial charge in [0.25, 0.3) is 5.91 Å². The Bertz CT molecular complexity index is 668. The predicted octanol–water partition coefficient (Wildman–Crippen LogP) is 2.94. The third-order valence-electron chi connectivity index (χ3n) is 4.05. The van der Waals surface area contributed by atoms with E-state index >= 15 is 0 Å². The minimum absolute atomic E-state index is 0.0153. The van der Waals surface area contributed by atoms with Crippen molar-refractivity contribution in [3.05, 3.63) is 29.8 Å². The molecule has 2 atom stereocenters. The Morgan fingerprint density at radius 2 is 1.70 bits per heavy atom. The number of amides is 1. The van der Waals surface area contributed by atoms with Crippen LogP contribution in [0.15, 0.2) is 29.2 Å². The molecule has 1 aliphatic rings. The molecule has 1 fully saturated rings. The average Bonchev–Trinajstić information content (AvgIpc) is 2.46. The number of benzene rings is 1. The largest absolute Gasteiger partial charge is 0.393 e. The summed E-state index contributed by atoms with van der Waals surface area (Å²) < 4.78 is 61.7. The molecule has 1 N–H and O–H groups in total. The molecule has 0 unspecified atom stereocenters. The SMILES string of the molecule is CS(=O)(=O)c1ccc(C(=O)N[C@H]2CCCC[C@H]2C(F)(F)F)cc1. The van der Waals surface area contributed by atoms with Gasteiger partial charge in [-0.1, -0.05) is 12.8 Å². The van der Waals surface area contributed by atoms with Crippen LogP contribution >= 0.6 is 0 Å². The maximum atomic E-state index is 13.0. The number of sulfone groups is 1. The monoisotopic (exact) mass is 349 g/mol. The van der Waals surface area contributed by atoms with Crippen LogP contribution in [0.2, 0.25) is 0 Å². The van der Waals surface area contributed by atoms with E-state index in [0.717, 1.165) is 6.26 Å². The van der Waals surface area contributed by atoms with Gasteiger partial charge in [-0.25, -0.2) is 8.42 Å². The molecule has 4 nitrogen and oxygen atoms in total. The summed E-state index contributed by atoms with van der Waals surface area (Å²) >= 11 is 0. The fraction of sp³-hybridized carbons (Fsp3) is 0.533. The van der Waals surface area contributed by atoms with E-state index in [-0.39, 0.29) is 23.3 Å². The second-order valence-corrected chi connectivity index (χ2v) is 7.82. The third kappa shape index (κ3) is 4.46. The van der Waals surface area contributed by atoms with Gasteiger partial charge in [0, 0.05) is 17.9 Å². The fourth-order valence-corrected chi connectivity index (χ4v) is 3.43. The van der Waals surface area contributed by atoms with Crippen molar-refractivity contribution in [1.29, 1.82) is 0 Å². The first-order chi connectivity index (χ1) is 10.6. The topological polar surface area (TPSA) is 63.2 Å². The molecule has 0 radical (unpaired) electrons. The van der Waals surface area contributed by atoms with Crippen LogP contribution < -0.4 is 5.32 Å². The Balaban J connectivity index is 2.11. The van der Waals surface area contributed by atoms with E-state index in [1.165, 1.54) is 24.3 Å². The van der Waals surface area contributed by atoms with Crippen molar-refractivity contribution in [2.45, 2.75) is 42.8 Å². The van der Waals surface area contributed by atoms with Crippen LogP contribution in [0.4, 0.5) is 13.2 Å². The first-order valence-electron chi connectivity index (χ1n) is 7.27. The second-order valence-electron chi connectivity index (χ2n) is 5.81. The normalized spacial score (nSPS) is 22.6. The lowest BCUT2D eigenvalue weighted by atomic mass is 9.84. The standard InChI is InChI=1S/C15H18F3NO3S/c1-23(21,22)11-8-6-10(7-9-11)14(20)19-13-5-3-2-4-12(13)15(16,17)18/h6-9,12-13H,2-5H2,1H3,(H,19,20)/t12-,13+/m1/s1. The maximum absolute atomic E-state index is 13.0. The number of hydrogen-bond acceptors (Lipinski definition) is 3. The molecular formula is C15H18F3NO3S. The average molecular weight is 349 g/mol. The quantitative estimate of drug-likeness (QED) is 0.913. The molecule has 0 spiro atoms. The summed E-state index contributed by atoms with van der Waals surface area (Å²) in [5, 5.41) is 2.44. The lowest BCUT2D eigenvalue weighted by Gasteiger charge is -2.33. The fourth-order valence-electron chi connectivity index (χ4n) is 2.80. The molecule has 23 heavy (non-hydrogen) atoms. The molecule has 1 amide bonds. The summed E-state index contributed by atoms with van der Waals surface area (Å²) in [5.74, 6) is -2.15. The summed E-state index contributed by atoms with van der Waals surface area (Å²) in [6, 6.07) is 4.21. The Hall–Kier alpha value is -1.57. The van der Waals surface area contributed by atoms with Crippen molar-refractivity contribution in [2.75, 3.05) is 6.26 Å². The highest BCUT2D eigenvalue weighted by molar-refractivity contribution is 7.90.